The molecule has 2 fully saturated rings. The number of H-pyrrole nitrogens is 1. The normalized spacial score (nSPS) is 19.6. The Labute approximate surface area is 221 Å². The van der Waals surface area contributed by atoms with Crippen LogP contribution in [0.1, 0.15) is 21.6 Å². The molecule has 0 spiro atoms. The molecular formula is C28H33N5O5. The van der Waals surface area contributed by atoms with Gasteiger partial charge in [0.15, 0.2) is 5.76 Å². The first-order valence-electron chi connectivity index (χ1n) is 13.2. The molecule has 2 N–H and O–H groups in total. The lowest BCUT2D eigenvalue weighted by Gasteiger charge is -2.28. The average molecular weight is 520 g/mol. The first kappa shape index (κ1) is 24.9. The monoisotopic (exact) mass is 519 g/mol. The molecule has 0 radical (unpaired) electrons. The quantitative estimate of drug-likeness (QED) is 0.434. The van der Waals surface area contributed by atoms with Gasteiger partial charge in [-0.1, -0.05) is 0 Å². The van der Waals surface area contributed by atoms with E-state index in [9.17, 15) is 4.79 Å². The predicted octanol–water partition coefficient (Wildman–Crippen LogP) is 2.30. The lowest BCUT2D eigenvalue weighted by Crippen LogP contribution is -2.43. The second-order valence-corrected chi connectivity index (χ2v) is 9.71. The number of rotatable bonds is 8. The van der Waals surface area contributed by atoms with Gasteiger partial charge in [-0.2, -0.15) is 5.10 Å². The van der Waals surface area contributed by atoms with Crippen molar-refractivity contribution >= 4 is 22.8 Å². The van der Waals surface area contributed by atoms with Crippen LogP contribution in [0.2, 0.25) is 0 Å². The Morgan fingerprint density at radius 2 is 1.92 bits per heavy atom. The maximum atomic E-state index is 13.3. The molecule has 0 saturated carbocycles. The van der Waals surface area contributed by atoms with Crippen LogP contribution >= 0.6 is 0 Å². The van der Waals surface area contributed by atoms with Crippen LogP contribution in [-0.4, -0.2) is 98.5 Å². The number of allylic oxidation sites excluding steroid dienone is 1. The number of nitrogens with one attached hydrogen (secondary N) is 2. The SMILES string of the molecule is COc1ccc2c(c1CN1CCNCC1)OC(=Cc1n[nH]c3ccc(OCCN4CCOCC4)cc13)C2=O. The number of aromatic amines is 1. The molecule has 3 aliphatic heterocycles. The number of carbonyl (C=O) groups is 1. The number of benzene rings is 2. The van der Waals surface area contributed by atoms with E-state index < -0.39 is 0 Å². The van der Waals surface area contributed by atoms with Crippen molar-refractivity contribution in [3.63, 3.8) is 0 Å². The zero-order valence-corrected chi connectivity index (χ0v) is 21.6. The van der Waals surface area contributed by atoms with E-state index in [0.717, 1.165) is 87.0 Å². The maximum Gasteiger partial charge on any atom is 0.232 e. The molecular weight excluding hydrogens is 486 g/mol. The molecule has 2 saturated heterocycles. The van der Waals surface area contributed by atoms with Crippen molar-refractivity contribution in [1.29, 1.82) is 0 Å². The Kier molecular flexibility index (Phi) is 7.28. The van der Waals surface area contributed by atoms with Crippen molar-refractivity contribution in [2.75, 3.05) is 72.7 Å². The number of nitrogens with zero attached hydrogens (tertiary/aromatic N) is 3. The number of ketones is 1. The fourth-order valence-electron chi connectivity index (χ4n) is 5.18. The van der Waals surface area contributed by atoms with Gasteiger partial charge in [0.1, 0.15) is 23.9 Å². The average Bonchev–Trinajstić information content (AvgIpc) is 3.50. The van der Waals surface area contributed by atoms with Gasteiger partial charge in [0.05, 0.1) is 42.7 Å². The highest BCUT2D eigenvalue weighted by Crippen LogP contribution is 2.41. The Morgan fingerprint density at radius 3 is 2.74 bits per heavy atom. The minimum atomic E-state index is -0.154. The maximum absolute atomic E-state index is 13.3. The van der Waals surface area contributed by atoms with Crippen molar-refractivity contribution in [3.8, 4) is 17.2 Å². The summed E-state index contributed by atoms with van der Waals surface area (Å²) in [5.41, 5.74) is 2.94. The van der Waals surface area contributed by atoms with Crippen LogP contribution in [0.3, 0.4) is 0 Å². The number of Topliss-reactive ketones (excluding diaryl/α,β-unsaturated/α-hetero) is 1. The summed E-state index contributed by atoms with van der Waals surface area (Å²) in [6.45, 7) is 9.24. The minimum absolute atomic E-state index is 0.154. The lowest BCUT2D eigenvalue weighted by atomic mass is 10.0. The van der Waals surface area contributed by atoms with Gasteiger partial charge >= 0.3 is 0 Å². The van der Waals surface area contributed by atoms with Gasteiger partial charge in [0.25, 0.3) is 0 Å². The van der Waals surface area contributed by atoms with Crippen molar-refractivity contribution in [2.24, 2.45) is 0 Å². The fourth-order valence-corrected chi connectivity index (χ4v) is 5.18. The number of morpholine rings is 1. The van der Waals surface area contributed by atoms with Crippen LogP contribution in [0.25, 0.3) is 17.0 Å². The number of carbonyl (C=O) groups excluding carboxylic acids is 1. The molecule has 10 heteroatoms. The lowest BCUT2D eigenvalue weighted by molar-refractivity contribution is 0.0322. The van der Waals surface area contributed by atoms with Gasteiger partial charge in [-0.15, -0.1) is 0 Å². The highest BCUT2D eigenvalue weighted by Gasteiger charge is 2.32. The topological polar surface area (TPSA) is 101 Å². The van der Waals surface area contributed by atoms with E-state index in [2.05, 4.69) is 25.3 Å². The Morgan fingerprint density at radius 1 is 1.08 bits per heavy atom. The molecule has 0 aliphatic carbocycles. The summed E-state index contributed by atoms with van der Waals surface area (Å²) < 4.78 is 23.3. The van der Waals surface area contributed by atoms with Gasteiger partial charge < -0.3 is 24.3 Å². The molecule has 0 atom stereocenters. The van der Waals surface area contributed by atoms with Crippen molar-refractivity contribution in [2.45, 2.75) is 6.54 Å². The van der Waals surface area contributed by atoms with E-state index in [0.29, 0.717) is 30.2 Å². The standard InChI is InChI=1S/C28H33N5O5/c1-35-25-5-3-20-27(34)26(38-28(20)22(25)18-33-8-6-29-7-9-33)17-24-21-16-19(2-4-23(21)30-31-24)37-15-12-32-10-13-36-14-11-32/h2-5,16-17,29H,6-15,18H2,1H3,(H,30,31). The number of hydrogen-bond acceptors (Lipinski definition) is 9. The summed E-state index contributed by atoms with van der Waals surface area (Å²) in [6.07, 6.45) is 1.71. The first-order valence-corrected chi connectivity index (χ1v) is 13.2. The van der Waals surface area contributed by atoms with Crippen molar-refractivity contribution in [3.05, 3.63) is 52.9 Å². The van der Waals surface area contributed by atoms with E-state index in [1.165, 1.54) is 0 Å². The molecule has 3 aliphatic rings. The van der Waals surface area contributed by atoms with Crippen molar-refractivity contribution in [1.82, 2.24) is 25.3 Å². The fraction of sp³-hybridized carbons (Fsp3) is 0.429. The largest absolute Gasteiger partial charge is 0.496 e. The number of methoxy groups -OCH3 is 1. The number of piperazine rings is 1. The summed E-state index contributed by atoms with van der Waals surface area (Å²) in [7, 11) is 1.65. The molecule has 6 rings (SSSR count). The molecule has 3 aromatic rings. The molecule has 0 unspecified atom stereocenters. The summed E-state index contributed by atoms with van der Waals surface area (Å²) in [5.74, 6) is 2.16. The van der Waals surface area contributed by atoms with Crippen LogP contribution in [0.4, 0.5) is 0 Å². The molecule has 4 heterocycles. The summed E-state index contributed by atoms with van der Waals surface area (Å²) in [4.78, 5) is 18.0. The zero-order chi connectivity index (χ0) is 25.9. The number of aromatic nitrogens is 2. The summed E-state index contributed by atoms with van der Waals surface area (Å²) in [6, 6.07) is 9.46. The Balaban J connectivity index is 1.22. The third-order valence-electron chi connectivity index (χ3n) is 7.32. The molecule has 2 aromatic carbocycles. The van der Waals surface area contributed by atoms with Gasteiger partial charge in [-0.25, -0.2) is 0 Å². The van der Waals surface area contributed by atoms with E-state index in [1.807, 2.05) is 24.3 Å². The highest BCUT2D eigenvalue weighted by molar-refractivity contribution is 6.15. The van der Waals surface area contributed by atoms with E-state index >= 15 is 0 Å². The molecule has 0 bridgehead atoms. The third-order valence-corrected chi connectivity index (χ3v) is 7.32. The zero-order valence-electron chi connectivity index (χ0n) is 21.6. The van der Waals surface area contributed by atoms with Gasteiger partial charge in [-0.05, 0) is 30.3 Å². The number of ether oxygens (including phenoxy) is 4. The second-order valence-electron chi connectivity index (χ2n) is 9.71. The minimum Gasteiger partial charge on any atom is -0.496 e. The van der Waals surface area contributed by atoms with Crippen LogP contribution < -0.4 is 19.5 Å². The Bertz CT molecular complexity index is 1340. The molecule has 10 nitrogen and oxygen atoms in total. The summed E-state index contributed by atoms with van der Waals surface area (Å²) >= 11 is 0. The van der Waals surface area contributed by atoms with Crippen LogP contribution in [-0.2, 0) is 11.3 Å². The van der Waals surface area contributed by atoms with Crippen LogP contribution in [0.5, 0.6) is 17.2 Å². The van der Waals surface area contributed by atoms with E-state index in [4.69, 9.17) is 18.9 Å². The van der Waals surface area contributed by atoms with Gasteiger partial charge in [0, 0.05) is 63.8 Å². The smallest absolute Gasteiger partial charge is 0.232 e. The molecule has 0 amide bonds. The first-order chi connectivity index (χ1) is 18.7. The molecule has 38 heavy (non-hydrogen) atoms. The third kappa shape index (κ3) is 5.12. The van der Waals surface area contributed by atoms with E-state index in [1.54, 1.807) is 19.3 Å². The van der Waals surface area contributed by atoms with Crippen LogP contribution in [0.15, 0.2) is 36.1 Å². The number of fused-ring (bicyclic) bond motifs is 2. The predicted molar refractivity (Wildman–Crippen MR) is 143 cm³/mol. The van der Waals surface area contributed by atoms with Crippen molar-refractivity contribution < 1.29 is 23.7 Å². The van der Waals surface area contributed by atoms with Crippen LogP contribution in [0, 0.1) is 0 Å². The highest BCUT2D eigenvalue weighted by atomic mass is 16.5. The molecule has 1 aromatic heterocycles. The van der Waals surface area contributed by atoms with E-state index in [-0.39, 0.29) is 11.5 Å². The number of hydrogen-bond donors (Lipinski definition) is 2. The van der Waals surface area contributed by atoms with Gasteiger partial charge in [-0.3, -0.25) is 19.7 Å². The second kappa shape index (κ2) is 11.1. The Hall–Kier alpha value is -3.44. The molecule has 200 valence electrons. The van der Waals surface area contributed by atoms with Gasteiger partial charge in [0.2, 0.25) is 5.78 Å². The summed E-state index contributed by atoms with van der Waals surface area (Å²) in [5, 5.41) is 11.7.